The van der Waals surface area contributed by atoms with Crippen LogP contribution in [0.15, 0.2) is 12.0 Å². The highest BCUT2D eigenvalue weighted by Gasteiger charge is 2.25. The zero-order chi connectivity index (χ0) is 13.5. The van der Waals surface area contributed by atoms with E-state index < -0.39 is 0 Å². The largest absolute Gasteiger partial charge is 0.494 e. The molecule has 5 heteroatoms. The third-order valence-corrected chi connectivity index (χ3v) is 3.52. The Morgan fingerprint density at radius 3 is 3.05 bits per heavy atom. The van der Waals surface area contributed by atoms with E-state index in [1.807, 2.05) is 4.90 Å². The van der Waals surface area contributed by atoms with E-state index in [0.717, 1.165) is 32.6 Å². The van der Waals surface area contributed by atoms with E-state index in [-0.39, 0.29) is 5.91 Å². The Labute approximate surface area is 114 Å². The van der Waals surface area contributed by atoms with Crippen LogP contribution in [0.3, 0.4) is 0 Å². The highest BCUT2D eigenvalue weighted by atomic mass is 16.6. The molecule has 1 N–H and O–H groups in total. The number of nitrogens with zero attached hydrogens (tertiary/aromatic N) is 1. The predicted molar refractivity (Wildman–Crippen MR) is 72.5 cm³/mol. The Morgan fingerprint density at radius 2 is 2.42 bits per heavy atom. The van der Waals surface area contributed by atoms with Crippen molar-refractivity contribution in [3.05, 3.63) is 12.0 Å². The summed E-state index contributed by atoms with van der Waals surface area (Å²) in [4.78, 5) is 14.3. The van der Waals surface area contributed by atoms with Gasteiger partial charge in [-0.1, -0.05) is 6.92 Å². The minimum Gasteiger partial charge on any atom is -0.494 e. The van der Waals surface area contributed by atoms with Gasteiger partial charge in [-0.3, -0.25) is 4.79 Å². The highest BCUT2D eigenvalue weighted by molar-refractivity contribution is 5.91. The monoisotopic (exact) mass is 268 g/mol. The lowest BCUT2D eigenvalue weighted by Gasteiger charge is -2.30. The first kappa shape index (κ1) is 14.2. The second-order valence-electron chi connectivity index (χ2n) is 5.16. The minimum atomic E-state index is -0.0351. The van der Waals surface area contributed by atoms with Crippen LogP contribution >= 0.6 is 0 Å². The van der Waals surface area contributed by atoms with Crippen molar-refractivity contribution in [1.82, 2.24) is 10.2 Å². The summed E-state index contributed by atoms with van der Waals surface area (Å²) in [6.45, 7) is 6.76. The number of amides is 1. The molecule has 0 aromatic carbocycles. The molecule has 1 unspecified atom stereocenters. The first-order chi connectivity index (χ1) is 9.31. The number of hydrogen-bond donors (Lipinski definition) is 1. The minimum absolute atomic E-state index is 0.0351. The molecule has 0 saturated carbocycles. The van der Waals surface area contributed by atoms with E-state index in [0.29, 0.717) is 24.9 Å². The van der Waals surface area contributed by atoms with Crippen molar-refractivity contribution in [2.45, 2.75) is 26.2 Å². The van der Waals surface area contributed by atoms with E-state index in [9.17, 15) is 4.79 Å². The molecule has 0 bridgehead atoms. The molecule has 108 valence electrons. The third-order valence-electron chi connectivity index (χ3n) is 3.52. The summed E-state index contributed by atoms with van der Waals surface area (Å²) in [7, 11) is 0. The van der Waals surface area contributed by atoms with Crippen molar-refractivity contribution >= 4 is 5.91 Å². The molecule has 2 aliphatic heterocycles. The van der Waals surface area contributed by atoms with Gasteiger partial charge < -0.3 is 19.7 Å². The van der Waals surface area contributed by atoms with Crippen molar-refractivity contribution in [1.29, 1.82) is 0 Å². The molecule has 0 aromatic heterocycles. The fourth-order valence-electron chi connectivity index (χ4n) is 2.57. The maximum atomic E-state index is 12.4. The van der Waals surface area contributed by atoms with E-state index >= 15 is 0 Å². The molecule has 0 aliphatic carbocycles. The number of piperidine rings is 1. The number of rotatable bonds is 5. The second-order valence-corrected chi connectivity index (χ2v) is 5.16. The van der Waals surface area contributed by atoms with Crippen molar-refractivity contribution < 1.29 is 14.3 Å². The van der Waals surface area contributed by atoms with Gasteiger partial charge in [0.05, 0.1) is 0 Å². The summed E-state index contributed by atoms with van der Waals surface area (Å²) in [5.74, 6) is 0.866. The molecule has 0 aromatic rings. The molecule has 1 amide bonds. The highest BCUT2D eigenvalue weighted by Crippen LogP contribution is 2.15. The van der Waals surface area contributed by atoms with Gasteiger partial charge in [0.25, 0.3) is 5.91 Å². The number of carbonyl (C=O) groups excluding carboxylic acids is 1. The number of hydrogen-bond acceptors (Lipinski definition) is 4. The van der Waals surface area contributed by atoms with Gasteiger partial charge in [-0.2, -0.15) is 0 Å². The lowest BCUT2D eigenvalue weighted by atomic mass is 9.99. The van der Waals surface area contributed by atoms with Gasteiger partial charge in [0, 0.05) is 13.1 Å². The van der Waals surface area contributed by atoms with Crippen LogP contribution < -0.4 is 5.32 Å². The zero-order valence-corrected chi connectivity index (χ0v) is 11.7. The quantitative estimate of drug-likeness (QED) is 0.811. The lowest BCUT2D eigenvalue weighted by Crippen LogP contribution is -2.42. The van der Waals surface area contributed by atoms with Crippen molar-refractivity contribution in [3.8, 4) is 0 Å². The number of carbonyl (C=O) groups is 1. The van der Waals surface area contributed by atoms with Crippen LogP contribution in [0.1, 0.15) is 26.2 Å². The van der Waals surface area contributed by atoms with Gasteiger partial charge in [-0.05, 0) is 38.3 Å². The summed E-state index contributed by atoms with van der Waals surface area (Å²) < 4.78 is 10.6. The molecule has 1 atom stereocenters. The Balaban J connectivity index is 1.93. The average molecular weight is 268 g/mol. The topological polar surface area (TPSA) is 50.8 Å². The molecular formula is C14H24N2O3. The molecule has 0 radical (unpaired) electrons. The van der Waals surface area contributed by atoms with E-state index in [2.05, 4.69) is 12.2 Å². The Kier molecular flexibility index (Phi) is 5.51. The fourth-order valence-corrected chi connectivity index (χ4v) is 2.57. The average Bonchev–Trinajstić information content (AvgIpc) is 2.48. The molecule has 2 aliphatic rings. The molecule has 1 fully saturated rings. The van der Waals surface area contributed by atoms with Crippen LogP contribution in [0.4, 0.5) is 0 Å². The van der Waals surface area contributed by atoms with Crippen LogP contribution in [0.2, 0.25) is 0 Å². The van der Waals surface area contributed by atoms with Crippen LogP contribution in [-0.4, -0.2) is 50.2 Å². The number of ether oxygens (including phenoxy) is 2. The zero-order valence-electron chi connectivity index (χ0n) is 11.7. The van der Waals surface area contributed by atoms with Gasteiger partial charge in [0.15, 0.2) is 0 Å². The number of nitrogens with one attached hydrogen (secondary N) is 1. The van der Waals surface area contributed by atoms with Crippen LogP contribution in [0, 0.1) is 5.92 Å². The van der Waals surface area contributed by atoms with E-state index in [1.165, 1.54) is 19.1 Å². The van der Waals surface area contributed by atoms with Crippen LogP contribution in [-0.2, 0) is 14.3 Å². The molecule has 5 nitrogen and oxygen atoms in total. The smallest absolute Gasteiger partial charge is 0.292 e. The maximum Gasteiger partial charge on any atom is 0.292 e. The second kappa shape index (κ2) is 7.38. The van der Waals surface area contributed by atoms with Crippen molar-refractivity contribution in [2.24, 2.45) is 5.92 Å². The standard InChI is InChI=1S/C14H24N2O3/c1-2-6-16(10-12-4-3-5-15-9-12)14(17)13-11-18-7-8-19-13/h11-12,15H,2-10H2,1H3. The van der Waals surface area contributed by atoms with Crippen LogP contribution in [0.25, 0.3) is 0 Å². The normalized spacial score (nSPS) is 23.0. The summed E-state index contributed by atoms with van der Waals surface area (Å²) in [6, 6.07) is 0. The molecule has 1 saturated heterocycles. The Hall–Kier alpha value is -1.23. The Morgan fingerprint density at radius 1 is 1.53 bits per heavy atom. The first-order valence-corrected chi connectivity index (χ1v) is 7.25. The third kappa shape index (κ3) is 4.13. The van der Waals surface area contributed by atoms with Gasteiger partial charge in [-0.15, -0.1) is 0 Å². The SMILES string of the molecule is CCCN(CC1CCCNC1)C(=O)C1=COCCO1. The van der Waals surface area contributed by atoms with E-state index in [4.69, 9.17) is 9.47 Å². The first-order valence-electron chi connectivity index (χ1n) is 7.25. The van der Waals surface area contributed by atoms with Crippen LogP contribution in [0.5, 0.6) is 0 Å². The summed E-state index contributed by atoms with van der Waals surface area (Å²) in [6.07, 6.45) is 4.80. The fraction of sp³-hybridized carbons (Fsp3) is 0.786. The summed E-state index contributed by atoms with van der Waals surface area (Å²) in [5, 5.41) is 3.39. The molecule has 19 heavy (non-hydrogen) atoms. The van der Waals surface area contributed by atoms with Crippen molar-refractivity contribution in [3.63, 3.8) is 0 Å². The Bertz CT molecular complexity index is 325. The molecule has 0 spiro atoms. The van der Waals surface area contributed by atoms with Gasteiger partial charge in [0.2, 0.25) is 5.76 Å². The summed E-state index contributed by atoms with van der Waals surface area (Å²) in [5.41, 5.74) is 0. The lowest BCUT2D eigenvalue weighted by molar-refractivity contribution is -0.133. The predicted octanol–water partition coefficient (Wildman–Crippen LogP) is 1.11. The maximum absolute atomic E-state index is 12.4. The van der Waals surface area contributed by atoms with Gasteiger partial charge in [0.1, 0.15) is 19.5 Å². The van der Waals surface area contributed by atoms with Gasteiger partial charge in [-0.25, -0.2) is 0 Å². The van der Waals surface area contributed by atoms with Gasteiger partial charge >= 0.3 is 0 Å². The van der Waals surface area contributed by atoms with E-state index in [1.54, 1.807) is 0 Å². The molecular weight excluding hydrogens is 244 g/mol. The molecule has 2 rings (SSSR count). The summed E-state index contributed by atoms with van der Waals surface area (Å²) >= 11 is 0. The molecule has 2 heterocycles. The van der Waals surface area contributed by atoms with Crippen molar-refractivity contribution in [2.75, 3.05) is 39.4 Å².